The minimum atomic E-state index is 0.586. The van der Waals surface area contributed by atoms with E-state index in [1.54, 1.807) is 0 Å². The normalized spacial score (nSPS) is 24.0. The second-order valence-electron chi connectivity index (χ2n) is 4.15. The number of thioether (sulfide) groups is 1. The average Bonchev–Trinajstić information content (AvgIpc) is 2.77. The van der Waals surface area contributed by atoms with Gasteiger partial charge in [0.1, 0.15) is 0 Å². The summed E-state index contributed by atoms with van der Waals surface area (Å²) in [5, 5.41) is 13.0. The minimum absolute atomic E-state index is 0.586. The molecule has 1 aliphatic rings. The van der Waals surface area contributed by atoms with Crippen LogP contribution in [0.3, 0.4) is 0 Å². The van der Waals surface area contributed by atoms with Gasteiger partial charge in [0.2, 0.25) is 0 Å². The summed E-state index contributed by atoms with van der Waals surface area (Å²) in [5.74, 6) is 0. The molecular weight excluding hydrogens is 216 g/mol. The topological polar surface area (TPSA) is 35.8 Å². The Labute approximate surface area is 101 Å². The summed E-state index contributed by atoms with van der Waals surface area (Å²) in [7, 11) is 0. The Kier molecular flexibility index (Phi) is 3.74. The largest absolute Gasteiger partial charge is 0.381 e. The van der Waals surface area contributed by atoms with E-state index in [9.17, 15) is 0 Å². The highest BCUT2D eigenvalue weighted by molar-refractivity contribution is 7.99. The van der Waals surface area contributed by atoms with Crippen LogP contribution < -0.4 is 5.32 Å². The number of nitrogens with zero attached hydrogens (tertiary/aromatic N) is 1. The van der Waals surface area contributed by atoms with E-state index < -0.39 is 0 Å². The number of nitriles is 1. The van der Waals surface area contributed by atoms with Gasteiger partial charge in [-0.25, -0.2) is 0 Å². The third-order valence-corrected chi connectivity index (χ3v) is 4.29. The van der Waals surface area contributed by atoms with Crippen molar-refractivity contribution in [1.29, 1.82) is 5.26 Å². The lowest BCUT2D eigenvalue weighted by atomic mass is 10.2. The summed E-state index contributed by atoms with van der Waals surface area (Å²) >= 11 is 1.95. The van der Waals surface area contributed by atoms with E-state index in [1.165, 1.54) is 19.3 Å². The third kappa shape index (κ3) is 2.51. The van der Waals surface area contributed by atoms with Crippen molar-refractivity contribution in [1.82, 2.24) is 0 Å². The molecule has 1 N–H and O–H groups in total. The van der Waals surface area contributed by atoms with E-state index in [-0.39, 0.29) is 0 Å². The lowest BCUT2D eigenvalue weighted by Gasteiger charge is -2.20. The quantitative estimate of drug-likeness (QED) is 0.869. The zero-order valence-corrected chi connectivity index (χ0v) is 10.3. The van der Waals surface area contributed by atoms with Gasteiger partial charge in [0, 0.05) is 17.0 Å². The van der Waals surface area contributed by atoms with Crippen LogP contribution in [-0.4, -0.2) is 17.5 Å². The molecule has 16 heavy (non-hydrogen) atoms. The van der Waals surface area contributed by atoms with E-state index >= 15 is 0 Å². The van der Waals surface area contributed by atoms with E-state index in [0.29, 0.717) is 6.04 Å². The van der Waals surface area contributed by atoms with Crippen molar-refractivity contribution in [3.8, 4) is 6.07 Å². The van der Waals surface area contributed by atoms with Crippen molar-refractivity contribution in [2.75, 3.05) is 11.6 Å². The smallest absolute Gasteiger partial charge is 0.0991 e. The highest BCUT2D eigenvalue weighted by atomic mass is 32.2. The Bertz CT molecular complexity index is 380. The average molecular weight is 232 g/mol. The predicted octanol–water partition coefficient (Wildman–Crippen LogP) is 3.25. The maximum atomic E-state index is 8.72. The summed E-state index contributed by atoms with van der Waals surface area (Å²) in [6, 6.07) is 10.4. The first-order chi connectivity index (χ1) is 7.83. The van der Waals surface area contributed by atoms with Crippen molar-refractivity contribution >= 4 is 17.4 Å². The Morgan fingerprint density at radius 3 is 2.69 bits per heavy atom. The molecule has 2 atom stereocenters. The number of benzene rings is 1. The molecule has 2 unspecified atom stereocenters. The van der Waals surface area contributed by atoms with Crippen LogP contribution in [0.15, 0.2) is 24.3 Å². The zero-order chi connectivity index (χ0) is 11.4. The Morgan fingerprint density at radius 2 is 2.06 bits per heavy atom. The van der Waals surface area contributed by atoms with Gasteiger partial charge in [-0.3, -0.25) is 0 Å². The van der Waals surface area contributed by atoms with Crippen molar-refractivity contribution in [3.05, 3.63) is 29.8 Å². The number of hydrogen-bond acceptors (Lipinski definition) is 3. The van der Waals surface area contributed by atoms with E-state index in [4.69, 9.17) is 5.26 Å². The summed E-state index contributed by atoms with van der Waals surface area (Å²) in [6.45, 7) is 0. The maximum absolute atomic E-state index is 8.72. The first-order valence-electron chi connectivity index (χ1n) is 5.63. The molecule has 1 saturated carbocycles. The zero-order valence-electron chi connectivity index (χ0n) is 9.44. The molecule has 0 aromatic heterocycles. The fourth-order valence-electron chi connectivity index (χ4n) is 2.23. The molecule has 0 heterocycles. The van der Waals surface area contributed by atoms with Crippen LogP contribution in [0.25, 0.3) is 0 Å². The molecule has 0 bridgehead atoms. The Morgan fingerprint density at radius 1 is 1.31 bits per heavy atom. The molecule has 1 aromatic rings. The van der Waals surface area contributed by atoms with Gasteiger partial charge in [0.15, 0.2) is 0 Å². The maximum Gasteiger partial charge on any atom is 0.0991 e. The van der Waals surface area contributed by atoms with Crippen LogP contribution in [0.5, 0.6) is 0 Å². The van der Waals surface area contributed by atoms with Crippen molar-refractivity contribution < 1.29 is 0 Å². The second-order valence-corrected chi connectivity index (χ2v) is 5.22. The molecule has 0 amide bonds. The number of rotatable bonds is 3. The lowest BCUT2D eigenvalue weighted by molar-refractivity contribution is 0.769. The molecule has 0 aliphatic heterocycles. The Hall–Kier alpha value is -1.14. The van der Waals surface area contributed by atoms with Gasteiger partial charge in [-0.1, -0.05) is 6.42 Å². The standard InChI is InChI=1S/C13H16N2S/c1-16-13-4-2-3-12(13)15-11-7-5-10(9-14)6-8-11/h5-8,12-13,15H,2-4H2,1H3. The number of hydrogen-bond donors (Lipinski definition) is 1. The highest BCUT2D eigenvalue weighted by Crippen LogP contribution is 2.30. The van der Waals surface area contributed by atoms with Gasteiger partial charge < -0.3 is 5.32 Å². The first-order valence-corrected chi connectivity index (χ1v) is 6.92. The summed E-state index contributed by atoms with van der Waals surface area (Å²) in [6.07, 6.45) is 6.07. The van der Waals surface area contributed by atoms with Gasteiger partial charge in [0.25, 0.3) is 0 Å². The summed E-state index contributed by atoms with van der Waals surface area (Å²) in [5.41, 5.74) is 1.85. The molecule has 1 aromatic carbocycles. The molecule has 0 radical (unpaired) electrons. The molecule has 0 spiro atoms. The van der Waals surface area contributed by atoms with Gasteiger partial charge in [0.05, 0.1) is 11.6 Å². The minimum Gasteiger partial charge on any atom is -0.381 e. The molecule has 0 saturated heterocycles. The SMILES string of the molecule is CSC1CCCC1Nc1ccc(C#N)cc1. The van der Waals surface area contributed by atoms with Gasteiger partial charge in [-0.05, 0) is 43.4 Å². The van der Waals surface area contributed by atoms with E-state index in [2.05, 4.69) is 17.6 Å². The molecule has 2 nitrogen and oxygen atoms in total. The van der Waals surface area contributed by atoms with Crippen LogP contribution in [0.4, 0.5) is 5.69 Å². The molecule has 2 rings (SSSR count). The fraction of sp³-hybridized carbons (Fsp3) is 0.462. The van der Waals surface area contributed by atoms with Crippen molar-refractivity contribution in [2.45, 2.75) is 30.6 Å². The van der Waals surface area contributed by atoms with Crippen molar-refractivity contribution in [3.63, 3.8) is 0 Å². The highest BCUT2D eigenvalue weighted by Gasteiger charge is 2.25. The third-order valence-electron chi connectivity index (χ3n) is 3.12. The molecule has 84 valence electrons. The van der Waals surface area contributed by atoms with E-state index in [0.717, 1.165) is 16.5 Å². The number of nitrogens with one attached hydrogen (secondary N) is 1. The van der Waals surface area contributed by atoms with Crippen LogP contribution >= 0.6 is 11.8 Å². The van der Waals surface area contributed by atoms with Gasteiger partial charge in [-0.15, -0.1) is 0 Å². The molecular formula is C13H16N2S. The van der Waals surface area contributed by atoms with Gasteiger partial charge >= 0.3 is 0 Å². The Balaban J connectivity index is 2.00. The summed E-state index contributed by atoms with van der Waals surface area (Å²) in [4.78, 5) is 0. The lowest BCUT2D eigenvalue weighted by Crippen LogP contribution is -2.25. The predicted molar refractivity (Wildman–Crippen MR) is 69.7 cm³/mol. The van der Waals surface area contributed by atoms with Gasteiger partial charge in [-0.2, -0.15) is 17.0 Å². The first kappa shape index (κ1) is 11.3. The van der Waals surface area contributed by atoms with Crippen LogP contribution in [0, 0.1) is 11.3 Å². The van der Waals surface area contributed by atoms with Crippen LogP contribution in [0.1, 0.15) is 24.8 Å². The molecule has 3 heteroatoms. The van der Waals surface area contributed by atoms with E-state index in [1.807, 2.05) is 36.0 Å². The monoisotopic (exact) mass is 232 g/mol. The summed E-state index contributed by atoms with van der Waals surface area (Å²) < 4.78 is 0. The van der Waals surface area contributed by atoms with Crippen LogP contribution in [0.2, 0.25) is 0 Å². The van der Waals surface area contributed by atoms with Crippen molar-refractivity contribution in [2.24, 2.45) is 0 Å². The second kappa shape index (κ2) is 5.27. The molecule has 1 aliphatic carbocycles. The molecule has 1 fully saturated rings. The fourth-order valence-corrected chi connectivity index (χ4v) is 3.16. The van der Waals surface area contributed by atoms with Crippen LogP contribution in [-0.2, 0) is 0 Å². The number of anilines is 1.